The van der Waals surface area contributed by atoms with Gasteiger partial charge in [-0.05, 0) is 38.3 Å². The van der Waals surface area contributed by atoms with Crippen LogP contribution in [0.25, 0.3) is 0 Å². The monoisotopic (exact) mass is 493 g/mol. The number of rotatable bonds is 3. The molecule has 1 N–H and O–H groups in total. The second-order valence-corrected chi connectivity index (χ2v) is 11.4. The molecule has 0 saturated carbocycles. The quantitative estimate of drug-likeness (QED) is 0.678. The topological polar surface area (TPSA) is 114 Å². The summed E-state index contributed by atoms with van der Waals surface area (Å²) in [5.41, 5.74) is 1.01. The highest BCUT2D eigenvalue weighted by molar-refractivity contribution is 7.89. The van der Waals surface area contributed by atoms with E-state index >= 15 is 0 Å². The van der Waals surface area contributed by atoms with E-state index in [-0.39, 0.29) is 35.7 Å². The lowest BCUT2D eigenvalue weighted by Crippen LogP contribution is -2.50. The van der Waals surface area contributed by atoms with Crippen LogP contribution in [-0.2, 0) is 29.1 Å². The number of anilines is 1. The molecule has 1 atom stereocenters. The lowest BCUT2D eigenvalue weighted by atomic mass is 9.94. The van der Waals surface area contributed by atoms with Crippen molar-refractivity contribution in [3.8, 4) is 5.75 Å². The van der Waals surface area contributed by atoms with E-state index in [0.717, 1.165) is 0 Å². The van der Waals surface area contributed by atoms with Crippen molar-refractivity contribution < 1.29 is 32.2 Å². The van der Waals surface area contributed by atoms with Crippen molar-refractivity contribution in [1.29, 1.82) is 0 Å². The molecule has 1 unspecified atom stereocenters. The molecule has 0 bridgehead atoms. The Kier molecular flexibility index (Phi) is 6.07. The van der Waals surface area contributed by atoms with Gasteiger partial charge in [-0.25, -0.2) is 8.42 Å². The first kappa shape index (κ1) is 23.5. The molecule has 0 aliphatic carbocycles. The number of benzene rings is 1. The lowest BCUT2D eigenvalue weighted by molar-refractivity contribution is -0.188. The summed E-state index contributed by atoms with van der Waals surface area (Å²) in [5.74, 6) is -0.533. The first-order valence-electron chi connectivity index (χ1n) is 11.9. The number of carbonyl (C=O) groups excluding carboxylic acids is 2. The summed E-state index contributed by atoms with van der Waals surface area (Å²) in [6.45, 7) is 6.29. The van der Waals surface area contributed by atoms with Crippen molar-refractivity contribution in [2.45, 2.75) is 56.3 Å². The summed E-state index contributed by atoms with van der Waals surface area (Å²) < 4.78 is 45.4. The third-order valence-electron chi connectivity index (χ3n) is 7.28. The molecule has 4 heterocycles. The fraction of sp³-hybridized carbons (Fsp3) is 0.652. The number of amides is 2. The highest BCUT2D eigenvalue weighted by Crippen LogP contribution is 2.37. The van der Waals surface area contributed by atoms with Crippen molar-refractivity contribution in [2.75, 3.05) is 44.7 Å². The van der Waals surface area contributed by atoms with E-state index in [9.17, 15) is 18.0 Å². The fourth-order valence-electron chi connectivity index (χ4n) is 5.21. The van der Waals surface area contributed by atoms with Gasteiger partial charge in [0.15, 0.2) is 11.9 Å². The molecule has 4 aliphatic rings. The molecule has 3 saturated heterocycles. The molecule has 4 aliphatic heterocycles. The van der Waals surface area contributed by atoms with Crippen LogP contribution in [0.3, 0.4) is 0 Å². The van der Waals surface area contributed by atoms with Crippen molar-refractivity contribution >= 4 is 27.5 Å². The number of fused-ring (bicyclic) bond motifs is 1. The van der Waals surface area contributed by atoms with Gasteiger partial charge in [-0.3, -0.25) is 9.59 Å². The number of aryl methyl sites for hydroxylation is 1. The summed E-state index contributed by atoms with van der Waals surface area (Å²) in [4.78, 5) is 27.0. The van der Waals surface area contributed by atoms with Crippen LogP contribution >= 0.6 is 0 Å². The Morgan fingerprint density at radius 1 is 1.09 bits per heavy atom. The number of piperidine rings is 2. The van der Waals surface area contributed by atoms with Gasteiger partial charge in [0.25, 0.3) is 5.91 Å². The summed E-state index contributed by atoms with van der Waals surface area (Å²) in [6.07, 6.45) is 1.62. The van der Waals surface area contributed by atoms with Crippen LogP contribution < -0.4 is 10.1 Å². The van der Waals surface area contributed by atoms with Crippen LogP contribution in [0.1, 0.15) is 38.2 Å². The lowest BCUT2D eigenvalue weighted by Gasteiger charge is -2.40. The van der Waals surface area contributed by atoms with Crippen LogP contribution in [-0.4, -0.2) is 80.7 Å². The first-order chi connectivity index (χ1) is 16.2. The second kappa shape index (κ2) is 8.78. The Hall–Kier alpha value is -2.21. The van der Waals surface area contributed by atoms with Gasteiger partial charge in [0.1, 0.15) is 5.75 Å². The Morgan fingerprint density at radius 3 is 2.38 bits per heavy atom. The highest BCUT2D eigenvalue weighted by atomic mass is 32.2. The van der Waals surface area contributed by atoms with Gasteiger partial charge in [-0.15, -0.1) is 0 Å². The number of ether oxygens (including phenoxy) is 3. The number of sulfonamides is 1. The molecular weight excluding hydrogens is 462 g/mol. The standard InChI is InChI=1S/C23H31N3O7S/c1-15-13-18-19(33-16(2)21(27)24-18)14-20(15)34(29,30)26-7-3-17(4-8-26)22(28)25-9-5-23(6-10-25)31-11-12-32-23/h13-14,16-17H,3-12H2,1-2H3,(H,24,27). The molecule has 1 aromatic carbocycles. The Labute approximate surface area is 199 Å². The van der Waals surface area contributed by atoms with Gasteiger partial charge >= 0.3 is 0 Å². The van der Waals surface area contributed by atoms with E-state index in [1.54, 1.807) is 19.9 Å². The van der Waals surface area contributed by atoms with Crippen LogP contribution in [0.5, 0.6) is 5.75 Å². The molecule has 34 heavy (non-hydrogen) atoms. The van der Waals surface area contributed by atoms with Crippen molar-refractivity contribution in [1.82, 2.24) is 9.21 Å². The molecule has 10 nitrogen and oxygen atoms in total. The van der Waals surface area contributed by atoms with E-state index in [1.165, 1.54) is 10.4 Å². The third kappa shape index (κ3) is 4.19. The summed E-state index contributed by atoms with van der Waals surface area (Å²) in [7, 11) is -3.76. The molecule has 1 spiro atoms. The normalized spacial score (nSPS) is 25.6. The van der Waals surface area contributed by atoms with Crippen molar-refractivity contribution in [3.05, 3.63) is 17.7 Å². The molecular formula is C23H31N3O7S. The fourth-order valence-corrected chi connectivity index (χ4v) is 6.91. The number of hydrogen-bond donors (Lipinski definition) is 1. The molecule has 186 valence electrons. The van der Waals surface area contributed by atoms with Crippen LogP contribution in [0.15, 0.2) is 17.0 Å². The first-order valence-corrected chi connectivity index (χ1v) is 13.3. The number of hydrogen-bond acceptors (Lipinski definition) is 7. The van der Waals surface area contributed by atoms with Gasteiger partial charge in [0.05, 0.1) is 23.8 Å². The van der Waals surface area contributed by atoms with Gasteiger partial charge < -0.3 is 24.4 Å². The van der Waals surface area contributed by atoms with Crippen LogP contribution in [0.4, 0.5) is 5.69 Å². The predicted molar refractivity (Wildman–Crippen MR) is 122 cm³/mol. The molecule has 11 heteroatoms. The van der Waals surface area contributed by atoms with Gasteiger partial charge in [0.2, 0.25) is 15.9 Å². The zero-order valence-corrected chi connectivity index (χ0v) is 20.4. The van der Waals surface area contributed by atoms with Crippen LogP contribution in [0, 0.1) is 12.8 Å². The number of likely N-dealkylation sites (tertiary alicyclic amines) is 1. The van der Waals surface area contributed by atoms with Crippen LogP contribution in [0.2, 0.25) is 0 Å². The minimum absolute atomic E-state index is 0.0907. The highest BCUT2D eigenvalue weighted by Gasteiger charge is 2.42. The Balaban J connectivity index is 1.23. The van der Waals surface area contributed by atoms with Crippen molar-refractivity contribution in [2.24, 2.45) is 5.92 Å². The van der Waals surface area contributed by atoms with Gasteiger partial charge in [0, 0.05) is 51.0 Å². The van der Waals surface area contributed by atoms with Gasteiger partial charge in [-0.2, -0.15) is 4.31 Å². The summed E-state index contributed by atoms with van der Waals surface area (Å²) in [6, 6.07) is 3.12. The zero-order valence-electron chi connectivity index (χ0n) is 19.5. The average molecular weight is 494 g/mol. The molecule has 0 aromatic heterocycles. The van der Waals surface area contributed by atoms with Gasteiger partial charge in [-0.1, -0.05) is 0 Å². The number of carbonyl (C=O) groups is 2. The molecule has 1 aromatic rings. The van der Waals surface area contributed by atoms with Crippen molar-refractivity contribution in [3.63, 3.8) is 0 Å². The smallest absolute Gasteiger partial charge is 0.265 e. The Morgan fingerprint density at radius 2 is 1.74 bits per heavy atom. The molecule has 2 amide bonds. The largest absolute Gasteiger partial charge is 0.479 e. The molecule has 0 radical (unpaired) electrons. The molecule has 5 rings (SSSR count). The SMILES string of the molecule is Cc1cc2c(cc1S(=O)(=O)N1CCC(C(=O)N3CCC4(CC3)OCCO4)CC1)OC(C)C(=O)N2. The average Bonchev–Trinajstić information content (AvgIpc) is 3.27. The minimum atomic E-state index is -3.76. The minimum Gasteiger partial charge on any atom is -0.479 e. The van der Waals surface area contributed by atoms with E-state index in [0.29, 0.717) is 69.0 Å². The maximum Gasteiger partial charge on any atom is 0.265 e. The second-order valence-electron chi connectivity index (χ2n) is 9.47. The molecule has 3 fully saturated rings. The summed E-state index contributed by atoms with van der Waals surface area (Å²) in [5, 5.41) is 2.74. The Bertz CT molecular complexity index is 1080. The zero-order chi connectivity index (χ0) is 24.1. The number of nitrogens with one attached hydrogen (secondary N) is 1. The number of nitrogens with zero attached hydrogens (tertiary/aromatic N) is 2. The van der Waals surface area contributed by atoms with E-state index in [4.69, 9.17) is 14.2 Å². The third-order valence-corrected chi connectivity index (χ3v) is 9.32. The summed E-state index contributed by atoms with van der Waals surface area (Å²) >= 11 is 0. The van der Waals surface area contributed by atoms with E-state index < -0.39 is 21.9 Å². The van der Waals surface area contributed by atoms with E-state index in [2.05, 4.69) is 5.32 Å². The predicted octanol–water partition coefficient (Wildman–Crippen LogP) is 1.48. The maximum atomic E-state index is 13.4. The maximum absolute atomic E-state index is 13.4. The van der Waals surface area contributed by atoms with E-state index in [1.807, 2.05) is 4.90 Å².